The van der Waals surface area contributed by atoms with Gasteiger partial charge >= 0.3 is 0 Å². The molecule has 0 saturated heterocycles. The van der Waals surface area contributed by atoms with Gasteiger partial charge in [0, 0.05) is 10.1 Å². The Kier molecular flexibility index (Phi) is 1.58. The quantitative estimate of drug-likeness (QED) is 0.512. The molecule has 0 N–H and O–H groups in total. The van der Waals surface area contributed by atoms with Crippen molar-refractivity contribution in [1.29, 1.82) is 0 Å². The van der Waals surface area contributed by atoms with E-state index in [0.29, 0.717) is 0 Å². The minimum Gasteiger partial charge on any atom is -0.206 e. The predicted molar refractivity (Wildman–Crippen MR) is 59.3 cm³/mol. The number of benzene rings is 2. The van der Waals surface area contributed by atoms with Crippen LogP contribution in [0.25, 0.3) is 20.9 Å². The Bertz CT molecular complexity index is 610. The molecule has 0 aliphatic carbocycles. The second kappa shape index (κ2) is 2.79. The lowest BCUT2D eigenvalue weighted by Gasteiger charge is -1.99. The lowest BCUT2D eigenvalue weighted by atomic mass is 10.1. The lowest BCUT2D eigenvalue weighted by Crippen LogP contribution is -1.77. The van der Waals surface area contributed by atoms with Crippen LogP contribution >= 0.6 is 11.3 Å². The fourth-order valence-electron chi connectivity index (χ4n) is 1.75. The molecule has 0 unspecified atom stereocenters. The van der Waals surface area contributed by atoms with Crippen molar-refractivity contribution in [1.82, 2.24) is 0 Å². The molecule has 68 valence electrons. The van der Waals surface area contributed by atoms with E-state index in [0.717, 1.165) is 20.9 Å². The van der Waals surface area contributed by atoms with Gasteiger partial charge in [-0.2, -0.15) is 0 Å². The SMILES string of the molecule is Fc1cc2ccccc2c2sccc12. The number of rotatable bonds is 0. The van der Waals surface area contributed by atoms with Gasteiger partial charge in [0.05, 0.1) is 0 Å². The summed E-state index contributed by atoms with van der Waals surface area (Å²) in [6, 6.07) is 11.3. The molecule has 0 bridgehead atoms. The van der Waals surface area contributed by atoms with E-state index in [1.165, 1.54) is 0 Å². The van der Waals surface area contributed by atoms with Crippen molar-refractivity contribution in [3.63, 3.8) is 0 Å². The molecule has 2 heteroatoms. The first-order valence-corrected chi connectivity index (χ1v) is 5.29. The van der Waals surface area contributed by atoms with E-state index in [9.17, 15) is 4.39 Å². The zero-order chi connectivity index (χ0) is 9.54. The molecular weight excluding hydrogens is 195 g/mol. The molecule has 0 aliphatic heterocycles. The van der Waals surface area contributed by atoms with Gasteiger partial charge in [0.1, 0.15) is 5.82 Å². The molecule has 0 radical (unpaired) electrons. The van der Waals surface area contributed by atoms with Crippen molar-refractivity contribution in [3.05, 3.63) is 47.6 Å². The Hall–Kier alpha value is -1.41. The molecule has 0 amide bonds. The van der Waals surface area contributed by atoms with E-state index >= 15 is 0 Å². The summed E-state index contributed by atoms with van der Waals surface area (Å²) in [6.07, 6.45) is 0. The zero-order valence-corrected chi connectivity index (χ0v) is 8.14. The number of halogens is 1. The van der Waals surface area contributed by atoms with Gasteiger partial charge in [-0.25, -0.2) is 4.39 Å². The fourth-order valence-corrected chi connectivity index (χ4v) is 2.70. The monoisotopic (exact) mass is 202 g/mol. The van der Waals surface area contributed by atoms with Gasteiger partial charge in [-0.05, 0) is 28.3 Å². The van der Waals surface area contributed by atoms with Crippen LogP contribution in [0.1, 0.15) is 0 Å². The van der Waals surface area contributed by atoms with E-state index in [1.807, 2.05) is 35.7 Å². The van der Waals surface area contributed by atoms with Gasteiger partial charge in [0.25, 0.3) is 0 Å². The van der Waals surface area contributed by atoms with Crippen LogP contribution in [0.2, 0.25) is 0 Å². The Morgan fingerprint density at radius 1 is 1.00 bits per heavy atom. The van der Waals surface area contributed by atoms with Crippen molar-refractivity contribution >= 4 is 32.2 Å². The molecule has 2 aromatic carbocycles. The maximum atomic E-state index is 13.6. The largest absolute Gasteiger partial charge is 0.206 e. The molecule has 3 aromatic rings. The summed E-state index contributed by atoms with van der Waals surface area (Å²) in [5.41, 5.74) is 0. The van der Waals surface area contributed by atoms with E-state index in [1.54, 1.807) is 17.4 Å². The summed E-state index contributed by atoms with van der Waals surface area (Å²) >= 11 is 1.59. The molecular formula is C12H7FS. The molecule has 1 heterocycles. The Morgan fingerprint density at radius 2 is 1.86 bits per heavy atom. The van der Waals surface area contributed by atoms with Crippen LogP contribution in [0.15, 0.2) is 41.8 Å². The molecule has 0 nitrogen and oxygen atoms in total. The third-order valence-corrected chi connectivity index (χ3v) is 3.36. The highest BCUT2D eigenvalue weighted by Gasteiger charge is 2.06. The maximum absolute atomic E-state index is 13.6. The standard InChI is InChI=1S/C12H7FS/c13-11-7-8-3-1-2-4-9(8)12-10(11)5-6-14-12/h1-7H. The number of fused-ring (bicyclic) bond motifs is 3. The number of hydrogen-bond donors (Lipinski definition) is 0. The van der Waals surface area contributed by atoms with Crippen molar-refractivity contribution in [3.8, 4) is 0 Å². The molecule has 0 spiro atoms. The summed E-state index contributed by atoms with van der Waals surface area (Å²) in [5.74, 6) is -0.125. The second-order valence-electron chi connectivity index (χ2n) is 3.24. The first kappa shape index (κ1) is 7.94. The van der Waals surface area contributed by atoms with Gasteiger partial charge < -0.3 is 0 Å². The van der Waals surface area contributed by atoms with Crippen LogP contribution < -0.4 is 0 Å². The third-order valence-electron chi connectivity index (χ3n) is 2.41. The Labute approximate surface area is 84.6 Å². The molecule has 0 aliphatic rings. The Morgan fingerprint density at radius 3 is 2.79 bits per heavy atom. The first-order chi connectivity index (χ1) is 6.86. The van der Waals surface area contributed by atoms with Crippen molar-refractivity contribution in [2.75, 3.05) is 0 Å². The highest BCUT2D eigenvalue weighted by molar-refractivity contribution is 7.18. The van der Waals surface area contributed by atoms with Gasteiger partial charge in [-0.3, -0.25) is 0 Å². The van der Waals surface area contributed by atoms with E-state index < -0.39 is 0 Å². The highest BCUT2D eigenvalue weighted by Crippen LogP contribution is 2.31. The molecule has 14 heavy (non-hydrogen) atoms. The first-order valence-electron chi connectivity index (χ1n) is 4.41. The average molecular weight is 202 g/mol. The van der Waals surface area contributed by atoms with E-state index in [2.05, 4.69) is 0 Å². The lowest BCUT2D eigenvalue weighted by molar-refractivity contribution is 0.641. The van der Waals surface area contributed by atoms with Gasteiger partial charge in [-0.1, -0.05) is 24.3 Å². The molecule has 0 saturated carbocycles. The molecule has 0 fully saturated rings. The van der Waals surface area contributed by atoms with E-state index in [4.69, 9.17) is 0 Å². The highest BCUT2D eigenvalue weighted by atomic mass is 32.1. The third kappa shape index (κ3) is 0.976. The van der Waals surface area contributed by atoms with Crippen molar-refractivity contribution < 1.29 is 4.39 Å². The smallest absolute Gasteiger partial charge is 0.132 e. The minimum atomic E-state index is -0.125. The molecule has 3 rings (SSSR count). The number of hydrogen-bond acceptors (Lipinski definition) is 1. The van der Waals surface area contributed by atoms with Crippen LogP contribution in [0, 0.1) is 5.82 Å². The summed E-state index contributed by atoms with van der Waals surface area (Å²) in [7, 11) is 0. The van der Waals surface area contributed by atoms with Crippen LogP contribution in [-0.4, -0.2) is 0 Å². The van der Waals surface area contributed by atoms with E-state index in [-0.39, 0.29) is 5.82 Å². The number of thiophene rings is 1. The average Bonchev–Trinajstić information content (AvgIpc) is 2.67. The summed E-state index contributed by atoms with van der Waals surface area (Å²) in [4.78, 5) is 0. The normalized spacial score (nSPS) is 11.2. The summed E-state index contributed by atoms with van der Waals surface area (Å²) in [6.45, 7) is 0. The second-order valence-corrected chi connectivity index (χ2v) is 4.16. The molecule has 1 aromatic heterocycles. The van der Waals surface area contributed by atoms with Gasteiger partial charge in [0.2, 0.25) is 0 Å². The van der Waals surface area contributed by atoms with Crippen LogP contribution in [0.4, 0.5) is 4.39 Å². The topological polar surface area (TPSA) is 0 Å². The molecule has 0 atom stereocenters. The van der Waals surface area contributed by atoms with Crippen LogP contribution in [0.5, 0.6) is 0 Å². The van der Waals surface area contributed by atoms with Gasteiger partial charge in [0.15, 0.2) is 0 Å². The van der Waals surface area contributed by atoms with Gasteiger partial charge in [-0.15, -0.1) is 11.3 Å². The Balaban J connectivity index is 2.66. The maximum Gasteiger partial charge on any atom is 0.132 e. The zero-order valence-electron chi connectivity index (χ0n) is 7.33. The predicted octanol–water partition coefficient (Wildman–Crippen LogP) is 4.19. The summed E-state index contributed by atoms with van der Waals surface area (Å²) < 4.78 is 14.6. The van der Waals surface area contributed by atoms with Crippen LogP contribution in [-0.2, 0) is 0 Å². The van der Waals surface area contributed by atoms with Crippen molar-refractivity contribution in [2.24, 2.45) is 0 Å². The summed E-state index contributed by atoms with van der Waals surface area (Å²) in [5, 5.41) is 4.77. The minimum absolute atomic E-state index is 0.125. The fraction of sp³-hybridized carbons (Fsp3) is 0. The van der Waals surface area contributed by atoms with Crippen molar-refractivity contribution in [2.45, 2.75) is 0 Å². The van der Waals surface area contributed by atoms with Crippen LogP contribution in [0.3, 0.4) is 0 Å².